The molecule has 0 aliphatic heterocycles. The largest absolute Gasteiger partial charge is 0.488 e. The molecule has 3 rings (SSSR count). The predicted octanol–water partition coefficient (Wildman–Crippen LogP) is 4.32. The molecule has 3 aromatic rings. The van der Waals surface area contributed by atoms with E-state index in [0.29, 0.717) is 17.7 Å². The number of H-pyrrole nitrogens is 2. The second kappa shape index (κ2) is 9.08. The monoisotopic (exact) mass is 466 g/mol. The topological polar surface area (TPSA) is 99.9 Å². The van der Waals surface area contributed by atoms with Gasteiger partial charge in [-0.25, -0.2) is 4.39 Å². The summed E-state index contributed by atoms with van der Waals surface area (Å²) in [7, 11) is 0. The zero-order chi connectivity index (χ0) is 24.4. The SMILES string of the molecule is CCOc1cc(-c2ccc(CC(=O)Nc3cc(C(C)(C)C(F)(F)F)n[nH]3)c(F)c2)c[nH]c1=O. The fraction of sp³-hybridized carbons (Fsp3) is 0.318. The third kappa shape index (κ3) is 5.24. The lowest BCUT2D eigenvalue weighted by molar-refractivity contribution is -0.181. The fourth-order valence-corrected chi connectivity index (χ4v) is 2.98. The van der Waals surface area contributed by atoms with Gasteiger partial charge >= 0.3 is 6.18 Å². The Hall–Kier alpha value is -3.63. The number of alkyl halides is 3. The van der Waals surface area contributed by atoms with Crippen LogP contribution in [-0.4, -0.2) is 33.9 Å². The average Bonchev–Trinajstić information content (AvgIpc) is 3.19. The number of nitrogens with one attached hydrogen (secondary N) is 3. The van der Waals surface area contributed by atoms with Gasteiger partial charge in [0, 0.05) is 17.8 Å². The number of aromatic nitrogens is 3. The number of rotatable bonds is 7. The summed E-state index contributed by atoms with van der Waals surface area (Å²) in [6.07, 6.45) is -3.45. The summed E-state index contributed by atoms with van der Waals surface area (Å²) in [5, 5.41) is 8.37. The lowest BCUT2D eigenvalue weighted by Crippen LogP contribution is -2.36. The van der Waals surface area contributed by atoms with E-state index in [1.807, 2.05) is 0 Å². The zero-order valence-electron chi connectivity index (χ0n) is 18.1. The Labute approximate surface area is 186 Å². The highest BCUT2D eigenvalue weighted by Crippen LogP contribution is 2.40. The van der Waals surface area contributed by atoms with E-state index >= 15 is 0 Å². The van der Waals surface area contributed by atoms with E-state index in [9.17, 15) is 27.2 Å². The third-order valence-corrected chi connectivity index (χ3v) is 5.11. The molecule has 0 atom stereocenters. The Balaban J connectivity index is 1.72. The highest BCUT2D eigenvalue weighted by atomic mass is 19.4. The molecule has 0 unspecified atom stereocenters. The van der Waals surface area contributed by atoms with Crippen LogP contribution in [0.2, 0.25) is 0 Å². The average molecular weight is 466 g/mol. The van der Waals surface area contributed by atoms with Gasteiger partial charge in [0.2, 0.25) is 5.91 Å². The molecule has 0 fully saturated rings. The molecule has 11 heteroatoms. The maximum absolute atomic E-state index is 14.6. The number of carbonyl (C=O) groups excluding carboxylic acids is 1. The van der Waals surface area contributed by atoms with E-state index in [4.69, 9.17) is 4.74 Å². The number of pyridine rings is 1. The summed E-state index contributed by atoms with van der Waals surface area (Å²) < 4.78 is 59.3. The first-order valence-electron chi connectivity index (χ1n) is 9.99. The lowest BCUT2D eigenvalue weighted by Gasteiger charge is -2.25. The highest BCUT2D eigenvalue weighted by molar-refractivity contribution is 5.91. The second-order valence-electron chi connectivity index (χ2n) is 7.84. The molecular weight excluding hydrogens is 444 g/mol. The number of amides is 1. The van der Waals surface area contributed by atoms with E-state index in [2.05, 4.69) is 20.5 Å². The van der Waals surface area contributed by atoms with Crippen LogP contribution in [-0.2, 0) is 16.6 Å². The molecule has 33 heavy (non-hydrogen) atoms. The standard InChI is InChI=1S/C22H22F4N4O3/c1-4-33-16-8-14(11-27-20(16)32)12-5-6-13(15(23)7-12)9-19(31)28-18-10-17(29-30-18)21(2,3)22(24,25)26/h5-8,10-11H,4,9H2,1-3H3,(H,27,32)(H2,28,29,30,31). The van der Waals surface area contributed by atoms with Crippen LogP contribution in [0.1, 0.15) is 32.0 Å². The normalized spacial score (nSPS) is 12.0. The number of hydrogen-bond acceptors (Lipinski definition) is 4. The zero-order valence-corrected chi connectivity index (χ0v) is 18.1. The van der Waals surface area contributed by atoms with E-state index in [1.54, 1.807) is 13.0 Å². The number of hydrogen-bond donors (Lipinski definition) is 3. The van der Waals surface area contributed by atoms with E-state index in [1.165, 1.54) is 24.4 Å². The molecule has 0 bridgehead atoms. The Kier molecular flexibility index (Phi) is 6.61. The van der Waals surface area contributed by atoms with Crippen LogP contribution >= 0.6 is 0 Å². The summed E-state index contributed by atoms with van der Waals surface area (Å²) in [5.74, 6) is -1.22. The van der Waals surface area contributed by atoms with Gasteiger partial charge < -0.3 is 15.0 Å². The van der Waals surface area contributed by atoms with Gasteiger partial charge in [0.25, 0.3) is 5.56 Å². The summed E-state index contributed by atoms with van der Waals surface area (Å²) in [5.41, 5.74) is -1.84. The van der Waals surface area contributed by atoms with Crippen LogP contribution in [0.4, 0.5) is 23.4 Å². The van der Waals surface area contributed by atoms with Gasteiger partial charge in [-0.1, -0.05) is 12.1 Å². The van der Waals surface area contributed by atoms with Crippen LogP contribution in [0, 0.1) is 5.82 Å². The molecule has 1 aromatic carbocycles. The number of halogens is 4. The van der Waals surface area contributed by atoms with Crippen LogP contribution < -0.4 is 15.6 Å². The van der Waals surface area contributed by atoms with E-state index < -0.39 is 28.9 Å². The van der Waals surface area contributed by atoms with Gasteiger partial charge in [-0.15, -0.1) is 0 Å². The van der Waals surface area contributed by atoms with Gasteiger partial charge in [0.15, 0.2) is 5.75 Å². The van der Waals surface area contributed by atoms with Crippen molar-refractivity contribution in [3.05, 3.63) is 64.0 Å². The molecule has 2 aromatic heterocycles. The van der Waals surface area contributed by atoms with E-state index in [0.717, 1.165) is 19.9 Å². The second-order valence-corrected chi connectivity index (χ2v) is 7.84. The van der Waals surface area contributed by atoms with Gasteiger partial charge in [-0.2, -0.15) is 18.3 Å². The van der Waals surface area contributed by atoms with Crippen molar-refractivity contribution in [1.29, 1.82) is 0 Å². The number of carbonyl (C=O) groups is 1. The van der Waals surface area contributed by atoms with Crippen molar-refractivity contribution < 1.29 is 27.1 Å². The van der Waals surface area contributed by atoms with Crippen LogP contribution in [0.5, 0.6) is 5.75 Å². The molecule has 0 aliphatic rings. The van der Waals surface area contributed by atoms with Gasteiger partial charge in [0.05, 0.1) is 18.7 Å². The Morgan fingerprint density at radius 2 is 1.88 bits per heavy atom. The van der Waals surface area contributed by atoms with Crippen molar-refractivity contribution in [1.82, 2.24) is 15.2 Å². The van der Waals surface area contributed by atoms with Gasteiger partial charge in [-0.3, -0.25) is 14.7 Å². The molecule has 0 radical (unpaired) electrons. The highest BCUT2D eigenvalue weighted by Gasteiger charge is 2.50. The number of nitrogens with zero attached hydrogens (tertiary/aromatic N) is 1. The smallest absolute Gasteiger partial charge is 0.399 e. The van der Waals surface area contributed by atoms with Crippen LogP contribution in [0.25, 0.3) is 11.1 Å². The molecule has 7 nitrogen and oxygen atoms in total. The number of anilines is 1. The Morgan fingerprint density at radius 1 is 1.15 bits per heavy atom. The van der Waals surface area contributed by atoms with Crippen LogP contribution in [0.3, 0.4) is 0 Å². The summed E-state index contributed by atoms with van der Waals surface area (Å²) in [6, 6.07) is 6.79. The Bertz CT molecular complexity index is 1210. The maximum atomic E-state index is 14.6. The van der Waals surface area contributed by atoms with E-state index in [-0.39, 0.29) is 29.2 Å². The maximum Gasteiger partial charge on any atom is 0.399 e. The first-order chi connectivity index (χ1) is 15.4. The predicted molar refractivity (Wildman–Crippen MR) is 114 cm³/mol. The molecule has 0 saturated carbocycles. The molecule has 176 valence electrons. The minimum absolute atomic E-state index is 0.0268. The summed E-state index contributed by atoms with van der Waals surface area (Å²) >= 11 is 0. The molecule has 2 heterocycles. The minimum Gasteiger partial charge on any atom is -0.488 e. The van der Waals surface area contributed by atoms with Crippen molar-refractivity contribution in [2.24, 2.45) is 0 Å². The molecule has 0 spiro atoms. The lowest BCUT2D eigenvalue weighted by atomic mass is 9.89. The van der Waals surface area contributed by atoms with Crippen molar-refractivity contribution >= 4 is 11.7 Å². The fourth-order valence-electron chi connectivity index (χ4n) is 2.98. The first kappa shape index (κ1) is 24.0. The molecule has 1 amide bonds. The first-order valence-corrected chi connectivity index (χ1v) is 9.99. The number of ether oxygens (including phenoxy) is 1. The van der Waals surface area contributed by atoms with Gasteiger partial charge in [0.1, 0.15) is 17.1 Å². The quantitative estimate of drug-likeness (QED) is 0.452. The van der Waals surface area contributed by atoms with Crippen molar-refractivity contribution in [2.75, 3.05) is 11.9 Å². The summed E-state index contributed by atoms with van der Waals surface area (Å²) in [4.78, 5) is 26.5. The number of aromatic amines is 2. The van der Waals surface area contributed by atoms with Crippen molar-refractivity contribution in [3.8, 4) is 16.9 Å². The molecule has 0 aliphatic carbocycles. The van der Waals surface area contributed by atoms with Gasteiger partial charge in [-0.05, 0) is 44.0 Å². The minimum atomic E-state index is -4.52. The summed E-state index contributed by atoms with van der Waals surface area (Å²) in [6.45, 7) is 3.98. The van der Waals surface area contributed by atoms with Crippen molar-refractivity contribution in [3.63, 3.8) is 0 Å². The number of benzene rings is 1. The Morgan fingerprint density at radius 3 is 2.52 bits per heavy atom. The van der Waals surface area contributed by atoms with Crippen LogP contribution in [0.15, 0.2) is 41.3 Å². The van der Waals surface area contributed by atoms with Crippen molar-refractivity contribution in [2.45, 2.75) is 38.8 Å². The molecule has 3 N–H and O–H groups in total. The molecule has 0 saturated heterocycles. The third-order valence-electron chi connectivity index (χ3n) is 5.11. The molecular formula is C22H22F4N4O3.